The monoisotopic (exact) mass is 460 g/mol. The number of nitrogens with one attached hydrogen (secondary N) is 1. The zero-order valence-corrected chi connectivity index (χ0v) is 19.3. The van der Waals surface area contributed by atoms with Gasteiger partial charge < -0.3 is 23.8 Å². The molecule has 0 spiro atoms. The molecule has 34 heavy (non-hydrogen) atoms. The number of nitrogens with zero attached hydrogens (tertiary/aromatic N) is 3. The van der Waals surface area contributed by atoms with Crippen LogP contribution >= 0.6 is 0 Å². The summed E-state index contributed by atoms with van der Waals surface area (Å²) in [6, 6.07) is 5.57. The van der Waals surface area contributed by atoms with Crippen LogP contribution < -0.4 is 15.6 Å². The summed E-state index contributed by atoms with van der Waals surface area (Å²) in [6.45, 7) is 2.84. The van der Waals surface area contributed by atoms with E-state index >= 15 is 0 Å². The number of ether oxygens (including phenoxy) is 2. The molecule has 3 aliphatic carbocycles. The zero-order chi connectivity index (χ0) is 23.1. The summed E-state index contributed by atoms with van der Waals surface area (Å²) in [6.07, 6.45) is 12.7. The Morgan fingerprint density at radius 3 is 2.74 bits per heavy atom. The third-order valence-corrected chi connectivity index (χ3v) is 7.97. The van der Waals surface area contributed by atoms with Gasteiger partial charge in [0.2, 0.25) is 0 Å². The molecule has 2 bridgehead atoms. The Morgan fingerprint density at radius 1 is 1.24 bits per heavy atom. The van der Waals surface area contributed by atoms with Crippen LogP contribution in [0.3, 0.4) is 0 Å². The molecule has 176 valence electrons. The van der Waals surface area contributed by atoms with Gasteiger partial charge in [-0.2, -0.15) is 0 Å². The van der Waals surface area contributed by atoms with Gasteiger partial charge in [-0.25, -0.2) is 4.98 Å². The van der Waals surface area contributed by atoms with E-state index in [1.807, 2.05) is 22.7 Å². The van der Waals surface area contributed by atoms with E-state index in [1.54, 1.807) is 23.0 Å². The highest BCUT2D eigenvalue weighted by atomic mass is 16.5. The van der Waals surface area contributed by atoms with Gasteiger partial charge >= 0.3 is 0 Å². The smallest absolute Gasteiger partial charge is 0.274 e. The summed E-state index contributed by atoms with van der Waals surface area (Å²) < 4.78 is 15.8. The lowest BCUT2D eigenvalue weighted by molar-refractivity contribution is 0.0154. The summed E-state index contributed by atoms with van der Waals surface area (Å²) in [5, 5.41) is 2.84. The lowest BCUT2D eigenvalue weighted by Crippen LogP contribution is -2.45. The first kappa shape index (κ1) is 20.3. The Kier molecular flexibility index (Phi) is 4.14. The van der Waals surface area contributed by atoms with Crippen LogP contribution in [0.4, 0.5) is 5.69 Å². The molecule has 8 nitrogen and oxygen atoms in total. The van der Waals surface area contributed by atoms with Crippen molar-refractivity contribution in [1.82, 2.24) is 14.0 Å². The van der Waals surface area contributed by atoms with Crippen LogP contribution in [-0.2, 0) is 10.2 Å². The highest BCUT2D eigenvalue weighted by molar-refractivity contribution is 6.06. The number of anilines is 1. The third kappa shape index (κ3) is 3.11. The van der Waals surface area contributed by atoms with Crippen molar-refractivity contribution in [3.8, 4) is 5.75 Å². The Hall–Kier alpha value is -3.13. The largest absolute Gasteiger partial charge is 0.489 e. The normalized spacial score (nSPS) is 27.9. The molecule has 0 atom stereocenters. The number of amides is 1. The Balaban J connectivity index is 1.24. The molecular weight excluding hydrogens is 432 g/mol. The quantitative estimate of drug-likeness (QED) is 0.604. The van der Waals surface area contributed by atoms with E-state index in [9.17, 15) is 9.59 Å². The van der Waals surface area contributed by atoms with E-state index in [1.165, 1.54) is 0 Å². The summed E-state index contributed by atoms with van der Waals surface area (Å²) in [7, 11) is 0. The van der Waals surface area contributed by atoms with Crippen LogP contribution in [0.15, 0.2) is 41.6 Å². The Bertz CT molecular complexity index is 1380. The predicted octanol–water partition coefficient (Wildman–Crippen LogP) is 3.84. The van der Waals surface area contributed by atoms with Gasteiger partial charge in [0.1, 0.15) is 17.1 Å². The van der Waals surface area contributed by atoms with Crippen molar-refractivity contribution in [1.29, 1.82) is 0 Å². The second kappa shape index (κ2) is 6.95. The molecule has 5 aliphatic rings. The average Bonchev–Trinajstić information content (AvgIpc) is 3.30. The molecule has 0 aromatic carbocycles. The summed E-state index contributed by atoms with van der Waals surface area (Å²) in [5.41, 5.74) is 2.23. The highest BCUT2D eigenvalue weighted by Crippen LogP contribution is 2.58. The maximum atomic E-state index is 13.4. The van der Waals surface area contributed by atoms with Gasteiger partial charge in [-0.3, -0.25) is 9.59 Å². The van der Waals surface area contributed by atoms with Crippen molar-refractivity contribution < 1.29 is 14.3 Å². The number of hydrogen-bond acceptors (Lipinski definition) is 5. The van der Waals surface area contributed by atoms with E-state index in [0.717, 1.165) is 56.3 Å². The molecule has 8 rings (SSSR count). The highest BCUT2D eigenvalue weighted by Gasteiger charge is 2.61. The van der Waals surface area contributed by atoms with Crippen molar-refractivity contribution >= 4 is 17.2 Å². The molecule has 2 aliphatic heterocycles. The van der Waals surface area contributed by atoms with Gasteiger partial charge in [0.25, 0.3) is 11.5 Å². The van der Waals surface area contributed by atoms with Crippen LogP contribution in [0.1, 0.15) is 74.0 Å². The molecule has 8 heteroatoms. The van der Waals surface area contributed by atoms with Gasteiger partial charge in [-0.15, -0.1) is 0 Å². The lowest BCUT2D eigenvalue weighted by Gasteiger charge is -2.41. The minimum absolute atomic E-state index is 0.0254. The van der Waals surface area contributed by atoms with Crippen molar-refractivity contribution in [2.24, 2.45) is 0 Å². The topological polar surface area (TPSA) is 86.9 Å². The molecule has 3 aromatic rings. The number of rotatable bonds is 6. The number of carbonyl (C=O) groups is 1. The second-order valence-electron chi connectivity index (χ2n) is 10.8. The van der Waals surface area contributed by atoms with Gasteiger partial charge in [-0.05, 0) is 64.0 Å². The molecule has 5 fully saturated rings. The maximum absolute atomic E-state index is 13.4. The van der Waals surface area contributed by atoms with Crippen LogP contribution in [0, 0.1) is 0 Å². The summed E-state index contributed by atoms with van der Waals surface area (Å²) >= 11 is 0. The second-order valence-corrected chi connectivity index (χ2v) is 10.8. The lowest BCUT2D eigenvalue weighted by atomic mass is 9.62. The first-order valence-corrected chi connectivity index (χ1v) is 12.3. The molecular formula is C26H28N4O4. The standard InChI is InChI=1S/C26H28N4O4/c1-25-13-26(14-25,15-33-25)21-12-29-11-18(20(10-22(29)28-21)34-17-4-2-5-17)23(31)27-19-6-3-9-30(24(19)32)16-7-8-16/h3,6,9-12,16-17H,2,4-5,7-8,13-15H2,1H3,(H,27,31). The Morgan fingerprint density at radius 2 is 2.06 bits per heavy atom. The molecule has 2 saturated heterocycles. The van der Waals surface area contributed by atoms with E-state index in [4.69, 9.17) is 14.5 Å². The number of pyridine rings is 2. The number of imidazole rings is 1. The van der Waals surface area contributed by atoms with E-state index in [-0.39, 0.29) is 40.3 Å². The van der Waals surface area contributed by atoms with E-state index in [2.05, 4.69) is 12.2 Å². The fraction of sp³-hybridized carbons (Fsp3) is 0.500. The van der Waals surface area contributed by atoms with Gasteiger partial charge in [-0.1, -0.05) is 0 Å². The Labute approximate surface area is 196 Å². The fourth-order valence-electron chi connectivity index (χ4n) is 5.79. The van der Waals surface area contributed by atoms with Crippen LogP contribution in [0.5, 0.6) is 5.75 Å². The SMILES string of the molecule is CC12CC(c3cn4cc(C(=O)Nc5cccn(C6CC6)c5=O)c(OC5CCC5)cc4n3)(CO1)C2. The first-order chi connectivity index (χ1) is 16.4. The predicted molar refractivity (Wildman–Crippen MR) is 126 cm³/mol. The summed E-state index contributed by atoms with van der Waals surface area (Å²) in [5.74, 6) is 0.166. The number of hydrogen-bond donors (Lipinski definition) is 1. The van der Waals surface area contributed by atoms with Crippen LogP contribution in [-0.4, -0.2) is 38.2 Å². The van der Waals surface area contributed by atoms with Gasteiger partial charge in [0.15, 0.2) is 0 Å². The summed E-state index contributed by atoms with van der Waals surface area (Å²) in [4.78, 5) is 31.2. The number of fused-ring (bicyclic) bond motifs is 2. The minimum atomic E-state index is -0.351. The fourth-order valence-corrected chi connectivity index (χ4v) is 5.79. The third-order valence-electron chi connectivity index (χ3n) is 7.97. The van der Waals surface area contributed by atoms with Crippen molar-refractivity contribution in [3.05, 3.63) is 58.4 Å². The first-order valence-electron chi connectivity index (χ1n) is 12.3. The van der Waals surface area contributed by atoms with Crippen molar-refractivity contribution in [2.75, 3.05) is 11.9 Å². The maximum Gasteiger partial charge on any atom is 0.274 e. The van der Waals surface area contributed by atoms with E-state index in [0.29, 0.717) is 17.9 Å². The molecule has 1 N–H and O–H groups in total. The van der Waals surface area contributed by atoms with Crippen LogP contribution in [0.2, 0.25) is 0 Å². The average molecular weight is 461 g/mol. The molecule has 5 heterocycles. The molecule has 0 radical (unpaired) electrons. The van der Waals surface area contributed by atoms with Gasteiger partial charge in [0, 0.05) is 36.1 Å². The van der Waals surface area contributed by atoms with Crippen molar-refractivity contribution in [2.45, 2.75) is 75.0 Å². The molecule has 3 aromatic heterocycles. The molecule has 1 amide bonds. The number of carbonyl (C=O) groups excluding carboxylic acids is 1. The van der Waals surface area contributed by atoms with Gasteiger partial charge in [0.05, 0.1) is 29.6 Å². The van der Waals surface area contributed by atoms with Crippen molar-refractivity contribution in [3.63, 3.8) is 0 Å². The zero-order valence-electron chi connectivity index (χ0n) is 19.3. The van der Waals surface area contributed by atoms with E-state index < -0.39 is 0 Å². The minimum Gasteiger partial charge on any atom is -0.489 e. The number of aromatic nitrogens is 3. The molecule has 0 unspecified atom stereocenters. The van der Waals surface area contributed by atoms with Crippen LogP contribution in [0.25, 0.3) is 5.65 Å². The molecule has 3 saturated carbocycles.